The van der Waals surface area contributed by atoms with Gasteiger partial charge >= 0.3 is 11.8 Å². The van der Waals surface area contributed by atoms with Crippen LogP contribution in [0.25, 0.3) is 22.1 Å². The van der Waals surface area contributed by atoms with Crippen LogP contribution in [0.4, 0.5) is 13.2 Å². The molecule has 0 bridgehead atoms. The van der Waals surface area contributed by atoms with Crippen LogP contribution in [0.3, 0.4) is 0 Å². The SMILES string of the molecule is C.COc1ccc2oc(=O)c3c(c2c1)OC(N)=C(C#N)C3c1ccc(OC)c(-c2ccc(Cl)c(C(F)(F)F)c2)c1. The van der Waals surface area contributed by atoms with E-state index in [-0.39, 0.29) is 52.7 Å². The Bertz CT molecular complexity index is 1770. The normalized spacial score (nSPS) is 14.6. The summed E-state index contributed by atoms with van der Waals surface area (Å²) in [6.07, 6.45) is -4.69. The molecule has 1 aliphatic heterocycles. The number of rotatable bonds is 4. The maximum atomic E-state index is 13.6. The molecule has 0 saturated carbocycles. The Morgan fingerprint density at radius 3 is 2.45 bits per heavy atom. The van der Waals surface area contributed by atoms with Crippen LogP contribution in [-0.2, 0) is 6.18 Å². The van der Waals surface area contributed by atoms with Crippen molar-refractivity contribution in [3.05, 3.63) is 98.2 Å². The van der Waals surface area contributed by atoms with Crippen molar-refractivity contribution in [3.63, 3.8) is 0 Å². The summed E-state index contributed by atoms with van der Waals surface area (Å²) < 4.78 is 62.8. The number of alkyl halides is 3. The molecule has 7 nitrogen and oxygen atoms in total. The Labute approximate surface area is 231 Å². The van der Waals surface area contributed by atoms with E-state index >= 15 is 0 Å². The van der Waals surface area contributed by atoms with Gasteiger partial charge in [0.25, 0.3) is 0 Å². The molecule has 0 radical (unpaired) electrons. The highest BCUT2D eigenvalue weighted by molar-refractivity contribution is 6.31. The number of hydrogen-bond acceptors (Lipinski definition) is 7. The third-order valence-corrected chi connectivity index (χ3v) is 6.74. The van der Waals surface area contributed by atoms with Gasteiger partial charge in [0.1, 0.15) is 28.7 Å². The number of ether oxygens (including phenoxy) is 3. The lowest BCUT2D eigenvalue weighted by molar-refractivity contribution is -0.137. The lowest BCUT2D eigenvalue weighted by Crippen LogP contribution is -2.26. The molecule has 2 heterocycles. The monoisotopic (exact) mass is 570 g/mol. The number of nitrogens with two attached hydrogens (primary N) is 1. The van der Waals surface area contributed by atoms with Gasteiger partial charge in [0.2, 0.25) is 5.88 Å². The molecule has 1 aliphatic rings. The lowest BCUT2D eigenvalue weighted by Gasteiger charge is -2.26. The van der Waals surface area contributed by atoms with Gasteiger partial charge in [-0.05, 0) is 53.6 Å². The number of methoxy groups -OCH3 is 2. The molecule has 0 saturated heterocycles. The van der Waals surface area contributed by atoms with Crippen molar-refractivity contribution in [2.45, 2.75) is 19.5 Å². The molecule has 3 aromatic carbocycles. The highest BCUT2D eigenvalue weighted by Gasteiger charge is 2.37. The Kier molecular flexibility index (Phi) is 7.46. The highest BCUT2D eigenvalue weighted by atomic mass is 35.5. The van der Waals surface area contributed by atoms with E-state index in [1.165, 1.54) is 38.5 Å². The molecular formula is C29H22ClF3N2O5. The summed E-state index contributed by atoms with van der Waals surface area (Å²) in [7, 11) is 2.84. The average Bonchev–Trinajstić information content (AvgIpc) is 2.91. The fourth-order valence-corrected chi connectivity index (χ4v) is 4.82. The minimum Gasteiger partial charge on any atom is -0.497 e. The largest absolute Gasteiger partial charge is 0.497 e. The molecule has 1 atom stereocenters. The zero-order valence-electron chi connectivity index (χ0n) is 20.4. The predicted molar refractivity (Wildman–Crippen MR) is 144 cm³/mol. The van der Waals surface area contributed by atoms with Crippen LogP contribution in [0.5, 0.6) is 17.2 Å². The van der Waals surface area contributed by atoms with E-state index in [4.69, 9.17) is 36.0 Å². The van der Waals surface area contributed by atoms with Crippen molar-refractivity contribution in [2.24, 2.45) is 5.73 Å². The topological polar surface area (TPSA) is 108 Å². The number of hydrogen-bond donors (Lipinski definition) is 1. The first-order valence-electron chi connectivity index (χ1n) is 11.3. The van der Waals surface area contributed by atoms with Crippen molar-refractivity contribution < 1.29 is 31.8 Å². The molecule has 0 amide bonds. The van der Waals surface area contributed by atoms with Crippen LogP contribution in [-0.4, -0.2) is 14.2 Å². The maximum absolute atomic E-state index is 13.6. The predicted octanol–water partition coefficient (Wildman–Crippen LogP) is 7.00. The van der Waals surface area contributed by atoms with Crippen LogP contribution in [0, 0.1) is 11.3 Å². The van der Waals surface area contributed by atoms with E-state index in [1.807, 2.05) is 6.07 Å². The van der Waals surface area contributed by atoms with Crippen molar-refractivity contribution in [1.29, 1.82) is 5.26 Å². The quantitative estimate of drug-likeness (QED) is 0.263. The van der Waals surface area contributed by atoms with E-state index in [0.29, 0.717) is 16.7 Å². The van der Waals surface area contributed by atoms with Crippen LogP contribution < -0.4 is 25.6 Å². The first-order valence-corrected chi connectivity index (χ1v) is 11.7. The molecule has 206 valence electrons. The number of halogens is 4. The maximum Gasteiger partial charge on any atom is 0.417 e. The Morgan fingerprint density at radius 1 is 1.05 bits per heavy atom. The molecule has 0 spiro atoms. The molecule has 2 N–H and O–H groups in total. The van der Waals surface area contributed by atoms with Crippen LogP contribution in [0.1, 0.15) is 30.0 Å². The third kappa shape index (κ3) is 4.69. The number of fused-ring (bicyclic) bond motifs is 3. The van der Waals surface area contributed by atoms with Gasteiger partial charge in [-0.1, -0.05) is 31.2 Å². The Balaban J connectivity index is 0.00000370. The molecule has 1 unspecified atom stereocenters. The van der Waals surface area contributed by atoms with Crippen LogP contribution in [0.15, 0.2) is 75.3 Å². The summed E-state index contributed by atoms with van der Waals surface area (Å²) in [5.74, 6) is -0.475. The van der Waals surface area contributed by atoms with Crippen LogP contribution >= 0.6 is 11.6 Å². The molecule has 4 aromatic rings. The van der Waals surface area contributed by atoms with Gasteiger partial charge in [-0.15, -0.1) is 0 Å². The zero-order valence-corrected chi connectivity index (χ0v) is 21.1. The van der Waals surface area contributed by atoms with Crippen molar-refractivity contribution in [1.82, 2.24) is 0 Å². The summed E-state index contributed by atoms with van der Waals surface area (Å²) >= 11 is 5.82. The van der Waals surface area contributed by atoms with Crippen LogP contribution in [0.2, 0.25) is 5.02 Å². The van der Waals surface area contributed by atoms with Gasteiger partial charge in [-0.2, -0.15) is 18.4 Å². The first-order chi connectivity index (χ1) is 18.6. The van der Waals surface area contributed by atoms with Crippen molar-refractivity contribution in [3.8, 4) is 34.4 Å². The number of allylic oxidation sites excluding steroid dienone is 1. The van der Waals surface area contributed by atoms with Gasteiger partial charge in [0.15, 0.2) is 5.75 Å². The average molecular weight is 571 g/mol. The molecular weight excluding hydrogens is 549 g/mol. The van der Waals surface area contributed by atoms with Gasteiger partial charge in [-0.3, -0.25) is 0 Å². The molecule has 1 aromatic heterocycles. The molecule has 5 rings (SSSR count). The summed E-state index contributed by atoms with van der Waals surface area (Å²) in [6, 6.07) is 14.8. The lowest BCUT2D eigenvalue weighted by atomic mass is 9.82. The molecule has 40 heavy (non-hydrogen) atoms. The minimum absolute atomic E-state index is 0. The molecule has 0 fully saturated rings. The number of nitriles is 1. The fourth-order valence-electron chi connectivity index (χ4n) is 4.60. The smallest absolute Gasteiger partial charge is 0.417 e. The first kappa shape index (κ1) is 28.4. The molecule has 11 heteroatoms. The van der Waals surface area contributed by atoms with Gasteiger partial charge < -0.3 is 24.4 Å². The van der Waals surface area contributed by atoms with Gasteiger partial charge in [-0.25, -0.2) is 4.79 Å². The highest BCUT2D eigenvalue weighted by Crippen LogP contribution is 2.46. The van der Waals surface area contributed by atoms with E-state index in [9.17, 15) is 23.2 Å². The van der Waals surface area contributed by atoms with E-state index < -0.39 is 28.3 Å². The summed E-state index contributed by atoms with van der Waals surface area (Å²) in [5.41, 5.74) is 5.29. The van der Waals surface area contributed by atoms with Gasteiger partial charge in [0.05, 0.1) is 41.7 Å². The second kappa shape index (κ2) is 10.5. The third-order valence-electron chi connectivity index (χ3n) is 6.41. The molecule has 0 aliphatic carbocycles. The fraction of sp³-hybridized carbons (Fsp3) is 0.172. The Hall–Kier alpha value is -4.62. The zero-order chi connectivity index (χ0) is 28.1. The number of nitrogens with zero attached hydrogens (tertiary/aromatic N) is 1. The second-order valence-electron chi connectivity index (χ2n) is 8.57. The Morgan fingerprint density at radius 2 is 1.80 bits per heavy atom. The summed E-state index contributed by atoms with van der Waals surface area (Å²) in [5, 5.41) is 9.89. The van der Waals surface area contributed by atoms with Gasteiger partial charge in [0, 0.05) is 5.56 Å². The second-order valence-corrected chi connectivity index (χ2v) is 8.98. The standard InChI is InChI=1S/C28H18ClF3N2O5.CH4/c1-36-15-5-8-22-17(11-15)25-24(27(35)38-22)23(18(12-33)26(34)39-25)14-4-7-21(37-2)16(9-14)13-3-6-20(29)19(10-13)28(30,31)32;/h3-11,23H,34H2,1-2H3;1H4. The van der Waals surface area contributed by atoms with E-state index in [2.05, 4.69) is 0 Å². The number of benzene rings is 3. The van der Waals surface area contributed by atoms with E-state index in [0.717, 1.165) is 12.1 Å². The van der Waals surface area contributed by atoms with Crippen molar-refractivity contribution in [2.75, 3.05) is 14.2 Å². The summed E-state index contributed by atoms with van der Waals surface area (Å²) in [4.78, 5) is 13.2. The van der Waals surface area contributed by atoms with E-state index in [1.54, 1.807) is 18.2 Å². The van der Waals surface area contributed by atoms with Crippen molar-refractivity contribution >= 4 is 22.6 Å². The minimum atomic E-state index is -4.69. The summed E-state index contributed by atoms with van der Waals surface area (Å²) in [6.45, 7) is 0.